The molecule has 2 aliphatic heterocycles. The first kappa shape index (κ1) is 11.4. The number of hydrogen-bond acceptors (Lipinski definition) is 5. The van der Waals surface area contributed by atoms with Gasteiger partial charge >= 0.3 is 0 Å². The van der Waals surface area contributed by atoms with E-state index in [1.165, 1.54) is 11.2 Å². The van der Waals surface area contributed by atoms with Crippen molar-refractivity contribution in [1.29, 1.82) is 0 Å². The van der Waals surface area contributed by atoms with Gasteiger partial charge in [-0.1, -0.05) is 0 Å². The highest BCUT2D eigenvalue weighted by atomic mass is 16.5. The van der Waals surface area contributed by atoms with Gasteiger partial charge in [-0.15, -0.1) is 0 Å². The van der Waals surface area contributed by atoms with Crippen molar-refractivity contribution in [2.24, 2.45) is 0 Å². The normalized spacial score (nSPS) is 34.9. The standard InChI is InChI=1S/C10H15NO5/c12-4-7-10(15)9(14)6(5-16-7)11-3-1-2-8(11)13/h5,7,9-10,12,14-15H,1-4H2/t7-,9-,10+/m1/s1. The third-order valence-electron chi connectivity index (χ3n) is 2.94. The fourth-order valence-electron chi connectivity index (χ4n) is 1.98. The van der Waals surface area contributed by atoms with Gasteiger partial charge in [0.25, 0.3) is 0 Å². The molecule has 2 heterocycles. The third-order valence-corrected chi connectivity index (χ3v) is 2.94. The topological polar surface area (TPSA) is 90.2 Å². The number of rotatable bonds is 2. The number of ether oxygens (including phenoxy) is 1. The molecule has 0 unspecified atom stereocenters. The number of amides is 1. The van der Waals surface area contributed by atoms with Crippen molar-refractivity contribution in [3.05, 3.63) is 12.0 Å². The van der Waals surface area contributed by atoms with Crippen LogP contribution >= 0.6 is 0 Å². The fraction of sp³-hybridized carbons (Fsp3) is 0.700. The summed E-state index contributed by atoms with van der Waals surface area (Å²) in [6.07, 6.45) is -0.796. The van der Waals surface area contributed by atoms with Crippen molar-refractivity contribution >= 4 is 5.91 Å². The molecule has 2 rings (SSSR count). The lowest BCUT2D eigenvalue weighted by Gasteiger charge is -2.34. The van der Waals surface area contributed by atoms with Gasteiger partial charge in [-0.2, -0.15) is 0 Å². The Morgan fingerprint density at radius 1 is 1.50 bits per heavy atom. The zero-order valence-corrected chi connectivity index (χ0v) is 8.74. The van der Waals surface area contributed by atoms with Gasteiger partial charge in [-0.3, -0.25) is 4.79 Å². The first-order valence-electron chi connectivity index (χ1n) is 5.28. The molecule has 0 saturated carbocycles. The molecule has 90 valence electrons. The second kappa shape index (κ2) is 4.40. The van der Waals surface area contributed by atoms with Crippen molar-refractivity contribution in [2.45, 2.75) is 31.2 Å². The van der Waals surface area contributed by atoms with E-state index in [-0.39, 0.29) is 18.2 Å². The summed E-state index contributed by atoms with van der Waals surface area (Å²) in [4.78, 5) is 12.9. The zero-order chi connectivity index (χ0) is 11.7. The Morgan fingerprint density at radius 3 is 2.81 bits per heavy atom. The molecular weight excluding hydrogens is 214 g/mol. The lowest BCUT2D eigenvalue weighted by molar-refractivity contribution is -0.131. The highest BCUT2D eigenvalue weighted by Crippen LogP contribution is 2.25. The van der Waals surface area contributed by atoms with Crippen molar-refractivity contribution in [1.82, 2.24) is 4.90 Å². The maximum atomic E-state index is 11.5. The van der Waals surface area contributed by atoms with E-state index in [1.54, 1.807) is 0 Å². The third kappa shape index (κ3) is 1.79. The summed E-state index contributed by atoms with van der Waals surface area (Å²) in [6.45, 7) is 0.150. The molecule has 2 aliphatic rings. The summed E-state index contributed by atoms with van der Waals surface area (Å²) < 4.78 is 5.07. The minimum absolute atomic E-state index is 0.0800. The molecule has 1 fully saturated rings. The quantitative estimate of drug-likeness (QED) is 0.539. The molecule has 0 aromatic carbocycles. The van der Waals surface area contributed by atoms with Crippen LogP contribution in [0.15, 0.2) is 12.0 Å². The summed E-state index contributed by atoms with van der Waals surface area (Å²) in [7, 11) is 0. The number of nitrogens with zero attached hydrogens (tertiary/aromatic N) is 1. The summed E-state index contributed by atoms with van der Waals surface area (Å²) in [5, 5.41) is 28.3. The second-order valence-electron chi connectivity index (χ2n) is 3.98. The van der Waals surface area contributed by atoms with E-state index in [9.17, 15) is 15.0 Å². The lowest BCUT2D eigenvalue weighted by Crippen LogP contribution is -2.48. The molecule has 0 aromatic rings. The minimum Gasteiger partial charge on any atom is -0.491 e. The number of likely N-dealkylation sites (tertiary alicyclic amines) is 1. The van der Waals surface area contributed by atoms with Crippen LogP contribution in [-0.2, 0) is 9.53 Å². The molecule has 6 nitrogen and oxygen atoms in total. The Balaban J connectivity index is 2.16. The predicted molar refractivity (Wildman–Crippen MR) is 53.0 cm³/mol. The second-order valence-corrected chi connectivity index (χ2v) is 3.98. The van der Waals surface area contributed by atoms with Crippen molar-refractivity contribution < 1.29 is 24.9 Å². The number of aliphatic hydroxyl groups excluding tert-OH is 3. The molecule has 16 heavy (non-hydrogen) atoms. The number of hydrogen-bond donors (Lipinski definition) is 3. The maximum absolute atomic E-state index is 11.5. The van der Waals surface area contributed by atoms with Gasteiger partial charge in [0.15, 0.2) is 0 Å². The van der Waals surface area contributed by atoms with Gasteiger partial charge in [-0.05, 0) is 6.42 Å². The van der Waals surface area contributed by atoms with Crippen LogP contribution in [0.2, 0.25) is 0 Å². The van der Waals surface area contributed by atoms with Crippen molar-refractivity contribution in [2.75, 3.05) is 13.2 Å². The molecule has 3 atom stereocenters. The van der Waals surface area contributed by atoms with E-state index >= 15 is 0 Å². The van der Waals surface area contributed by atoms with Gasteiger partial charge in [0, 0.05) is 13.0 Å². The molecule has 0 spiro atoms. The van der Waals surface area contributed by atoms with Crippen LogP contribution in [0.5, 0.6) is 0 Å². The van der Waals surface area contributed by atoms with Crippen LogP contribution in [0.4, 0.5) is 0 Å². The summed E-state index contributed by atoms with van der Waals surface area (Å²) in [5.74, 6) is -0.0800. The summed E-state index contributed by atoms with van der Waals surface area (Å²) in [6, 6.07) is 0. The van der Waals surface area contributed by atoms with Crippen LogP contribution in [-0.4, -0.2) is 57.6 Å². The van der Waals surface area contributed by atoms with E-state index in [1.807, 2.05) is 0 Å². The SMILES string of the molecule is O=C1CCCN1C1=CO[C@H](CO)[C@H](O)[C@@H]1O. The highest BCUT2D eigenvalue weighted by Gasteiger charge is 2.38. The minimum atomic E-state index is -1.21. The molecule has 3 N–H and O–H groups in total. The van der Waals surface area contributed by atoms with Gasteiger partial charge in [0.2, 0.25) is 5.91 Å². The van der Waals surface area contributed by atoms with Crippen LogP contribution in [0.3, 0.4) is 0 Å². The van der Waals surface area contributed by atoms with Gasteiger partial charge in [0.1, 0.15) is 24.6 Å². The zero-order valence-electron chi connectivity index (χ0n) is 8.74. The molecule has 0 bridgehead atoms. The maximum Gasteiger partial charge on any atom is 0.226 e. The Bertz CT molecular complexity index is 316. The monoisotopic (exact) mass is 229 g/mol. The van der Waals surface area contributed by atoms with E-state index < -0.39 is 18.3 Å². The number of carbonyl (C=O) groups is 1. The average Bonchev–Trinajstić information content (AvgIpc) is 2.69. The van der Waals surface area contributed by atoms with E-state index in [2.05, 4.69) is 0 Å². The molecule has 0 radical (unpaired) electrons. The molecule has 1 saturated heterocycles. The lowest BCUT2D eigenvalue weighted by atomic mass is 10.0. The smallest absolute Gasteiger partial charge is 0.226 e. The largest absolute Gasteiger partial charge is 0.491 e. The number of aliphatic hydroxyl groups is 3. The fourth-order valence-corrected chi connectivity index (χ4v) is 1.98. The Kier molecular flexibility index (Phi) is 3.13. The van der Waals surface area contributed by atoms with Gasteiger partial charge in [0.05, 0.1) is 12.3 Å². The first-order valence-corrected chi connectivity index (χ1v) is 5.28. The van der Waals surface area contributed by atoms with E-state index in [0.717, 1.165) is 6.42 Å². The highest BCUT2D eigenvalue weighted by molar-refractivity contribution is 5.80. The molecule has 0 aromatic heterocycles. The van der Waals surface area contributed by atoms with Crippen LogP contribution < -0.4 is 0 Å². The van der Waals surface area contributed by atoms with Crippen molar-refractivity contribution in [3.8, 4) is 0 Å². The Morgan fingerprint density at radius 2 is 2.25 bits per heavy atom. The molecule has 6 heteroatoms. The van der Waals surface area contributed by atoms with Crippen LogP contribution in [0, 0.1) is 0 Å². The molecule has 0 aliphatic carbocycles. The van der Waals surface area contributed by atoms with E-state index in [4.69, 9.17) is 9.84 Å². The molecular formula is C10H15NO5. The predicted octanol–water partition coefficient (Wildman–Crippen LogP) is -1.44. The van der Waals surface area contributed by atoms with Crippen molar-refractivity contribution in [3.63, 3.8) is 0 Å². The van der Waals surface area contributed by atoms with Gasteiger partial charge < -0.3 is 25.0 Å². The number of carbonyl (C=O) groups excluding carboxylic acids is 1. The van der Waals surface area contributed by atoms with Crippen LogP contribution in [0.1, 0.15) is 12.8 Å². The molecule has 1 amide bonds. The average molecular weight is 229 g/mol. The van der Waals surface area contributed by atoms with Crippen LogP contribution in [0.25, 0.3) is 0 Å². The Labute approximate surface area is 92.7 Å². The summed E-state index contributed by atoms with van der Waals surface area (Å²) in [5.41, 5.74) is 0.278. The first-order chi connectivity index (χ1) is 7.65. The van der Waals surface area contributed by atoms with E-state index in [0.29, 0.717) is 13.0 Å². The summed E-state index contributed by atoms with van der Waals surface area (Å²) >= 11 is 0. The van der Waals surface area contributed by atoms with Gasteiger partial charge in [-0.25, -0.2) is 0 Å². The Hall–Kier alpha value is -1.11.